The van der Waals surface area contributed by atoms with Crippen molar-refractivity contribution in [3.8, 4) is 0 Å². The fraction of sp³-hybridized carbons (Fsp3) is 0.938. The van der Waals surface area contributed by atoms with Crippen LogP contribution in [0, 0.1) is 0 Å². The summed E-state index contributed by atoms with van der Waals surface area (Å²) >= 11 is 0. The average molecular weight is 270 g/mol. The highest BCUT2D eigenvalue weighted by Gasteiger charge is 2.00. The predicted octanol–water partition coefficient (Wildman–Crippen LogP) is 3.59. The first-order valence-corrected chi connectivity index (χ1v) is 8.08. The monoisotopic (exact) mass is 270 g/mol. The SMILES string of the molecule is CCCCCCCCCC(=O)NCCCCN(C)C. The number of unbranched alkanes of at least 4 members (excludes halogenated alkanes) is 7. The van der Waals surface area contributed by atoms with E-state index in [2.05, 4.69) is 31.2 Å². The van der Waals surface area contributed by atoms with E-state index >= 15 is 0 Å². The minimum Gasteiger partial charge on any atom is -0.356 e. The highest BCUT2D eigenvalue weighted by atomic mass is 16.1. The molecular weight excluding hydrogens is 236 g/mol. The number of nitrogens with one attached hydrogen (secondary N) is 1. The number of hydrogen-bond donors (Lipinski definition) is 1. The third-order valence-corrected chi connectivity index (χ3v) is 3.36. The normalized spacial score (nSPS) is 10.9. The molecule has 0 spiro atoms. The van der Waals surface area contributed by atoms with Gasteiger partial charge in [-0.3, -0.25) is 4.79 Å². The molecule has 0 atom stereocenters. The summed E-state index contributed by atoms with van der Waals surface area (Å²) < 4.78 is 0. The molecule has 3 heteroatoms. The van der Waals surface area contributed by atoms with Crippen LogP contribution < -0.4 is 5.32 Å². The largest absolute Gasteiger partial charge is 0.356 e. The Bertz CT molecular complexity index is 205. The maximum atomic E-state index is 11.6. The van der Waals surface area contributed by atoms with Gasteiger partial charge in [-0.15, -0.1) is 0 Å². The summed E-state index contributed by atoms with van der Waals surface area (Å²) in [4.78, 5) is 13.7. The molecule has 0 fully saturated rings. The zero-order valence-electron chi connectivity index (χ0n) is 13.3. The zero-order valence-corrected chi connectivity index (χ0v) is 13.3. The molecule has 0 aromatic rings. The Hall–Kier alpha value is -0.570. The topological polar surface area (TPSA) is 32.3 Å². The Morgan fingerprint density at radius 1 is 0.895 bits per heavy atom. The molecule has 0 aliphatic heterocycles. The molecule has 0 aromatic heterocycles. The van der Waals surface area contributed by atoms with E-state index in [0.29, 0.717) is 6.42 Å². The number of rotatable bonds is 13. The van der Waals surface area contributed by atoms with E-state index in [-0.39, 0.29) is 5.91 Å². The standard InChI is InChI=1S/C16H34N2O/c1-4-5-6-7-8-9-10-13-16(19)17-14-11-12-15-18(2)3/h4-15H2,1-3H3,(H,17,19). The molecule has 0 unspecified atom stereocenters. The summed E-state index contributed by atoms with van der Waals surface area (Å²) in [5.41, 5.74) is 0. The molecular formula is C16H34N2O. The van der Waals surface area contributed by atoms with Gasteiger partial charge in [0.15, 0.2) is 0 Å². The van der Waals surface area contributed by atoms with Crippen LogP contribution in [0.5, 0.6) is 0 Å². The first kappa shape index (κ1) is 18.4. The second-order valence-corrected chi connectivity index (χ2v) is 5.73. The van der Waals surface area contributed by atoms with E-state index in [1.807, 2.05) is 0 Å². The van der Waals surface area contributed by atoms with Gasteiger partial charge >= 0.3 is 0 Å². The summed E-state index contributed by atoms with van der Waals surface area (Å²) in [6.07, 6.45) is 11.8. The van der Waals surface area contributed by atoms with Gasteiger partial charge < -0.3 is 10.2 Å². The van der Waals surface area contributed by atoms with Crippen LogP contribution in [0.2, 0.25) is 0 Å². The first-order valence-electron chi connectivity index (χ1n) is 8.08. The Morgan fingerprint density at radius 2 is 1.53 bits per heavy atom. The van der Waals surface area contributed by atoms with Crippen molar-refractivity contribution in [1.82, 2.24) is 10.2 Å². The molecule has 0 radical (unpaired) electrons. The van der Waals surface area contributed by atoms with Crippen molar-refractivity contribution in [3.63, 3.8) is 0 Å². The van der Waals surface area contributed by atoms with Crippen LogP contribution in [-0.4, -0.2) is 38.0 Å². The van der Waals surface area contributed by atoms with E-state index in [1.165, 1.54) is 38.5 Å². The maximum absolute atomic E-state index is 11.6. The number of nitrogens with zero attached hydrogens (tertiary/aromatic N) is 1. The number of carbonyl (C=O) groups excluding carboxylic acids is 1. The molecule has 1 N–H and O–H groups in total. The van der Waals surface area contributed by atoms with Crippen LogP contribution in [0.25, 0.3) is 0 Å². The van der Waals surface area contributed by atoms with E-state index < -0.39 is 0 Å². The molecule has 0 aliphatic carbocycles. The van der Waals surface area contributed by atoms with Crippen LogP contribution in [0.15, 0.2) is 0 Å². The number of amides is 1. The van der Waals surface area contributed by atoms with Crippen LogP contribution in [0.3, 0.4) is 0 Å². The molecule has 0 aromatic carbocycles. The number of hydrogen-bond acceptors (Lipinski definition) is 2. The molecule has 0 saturated carbocycles. The molecule has 114 valence electrons. The molecule has 0 bridgehead atoms. The van der Waals surface area contributed by atoms with Crippen LogP contribution >= 0.6 is 0 Å². The second-order valence-electron chi connectivity index (χ2n) is 5.73. The summed E-state index contributed by atoms with van der Waals surface area (Å²) in [6, 6.07) is 0. The lowest BCUT2D eigenvalue weighted by molar-refractivity contribution is -0.121. The fourth-order valence-corrected chi connectivity index (χ4v) is 2.11. The van der Waals surface area contributed by atoms with Crippen molar-refractivity contribution >= 4 is 5.91 Å². The predicted molar refractivity (Wildman–Crippen MR) is 83.4 cm³/mol. The smallest absolute Gasteiger partial charge is 0.219 e. The van der Waals surface area contributed by atoms with Gasteiger partial charge in [-0.1, -0.05) is 45.4 Å². The van der Waals surface area contributed by atoms with Gasteiger partial charge in [0.25, 0.3) is 0 Å². The van der Waals surface area contributed by atoms with Gasteiger partial charge in [-0.2, -0.15) is 0 Å². The van der Waals surface area contributed by atoms with Crippen molar-refractivity contribution in [1.29, 1.82) is 0 Å². The average Bonchev–Trinajstić information content (AvgIpc) is 2.37. The van der Waals surface area contributed by atoms with Crippen molar-refractivity contribution in [2.24, 2.45) is 0 Å². The minimum atomic E-state index is 0.235. The van der Waals surface area contributed by atoms with Crippen molar-refractivity contribution < 1.29 is 4.79 Å². The van der Waals surface area contributed by atoms with E-state index in [4.69, 9.17) is 0 Å². The molecule has 0 aliphatic rings. The molecule has 1 amide bonds. The fourth-order valence-electron chi connectivity index (χ4n) is 2.11. The summed E-state index contributed by atoms with van der Waals surface area (Å²) in [5, 5.41) is 3.01. The van der Waals surface area contributed by atoms with Gasteiger partial charge in [-0.25, -0.2) is 0 Å². The third-order valence-electron chi connectivity index (χ3n) is 3.36. The molecule has 19 heavy (non-hydrogen) atoms. The van der Waals surface area contributed by atoms with Crippen LogP contribution in [-0.2, 0) is 4.79 Å². The Morgan fingerprint density at radius 3 is 2.16 bits per heavy atom. The minimum absolute atomic E-state index is 0.235. The first-order chi connectivity index (χ1) is 9.16. The van der Waals surface area contributed by atoms with Gasteiger partial charge in [0.2, 0.25) is 5.91 Å². The quantitative estimate of drug-likeness (QED) is 0.519. The Kier molecular flexibility index (Phi) is 13.4. The lowest BCUT2D eigenvalue weighted by Crippen LogP contribution is -2.24. The lowest BCUT2D eigenvalue weighted by atomic mass is 10.1. The van der Waals surface area contributed by atoms with E-state index in [1.54, 1.807) is 0 Å². The van der Waals surface area contributed by atoms with Crippen molar-refractivity contribution in [2.45, 2.75) is 71.1 Å². The van der Waals surface area contributed by atoms with Crippen molar-refractivity contribution in [3.05, 3.63) is 0 Å². The van der Waals surface area contributed by atoms with E-state index in [9.17, 15) is 4.79 Å². The second kappa shape index (κ2) is 13.9. The van der Waals surface area contributed by atoms with E-state index in [0.717, 1.165) is 32.4 Å². The molecule has 0 saturated heterocycles. The molecule has 0 heterocycles. The van der Waals surface area contributed by atoms with Gasteiger partial charge in [0, 0.05) is 13.0 Å². The van der Waals surface area contributed by atoms with Gasteiger partial charge in [0.1, 0.15) is 0 Å². The highest BCUT2D eigenvalue weighted by Crippen LogP contribution is 2.08. The van der Waals surface area contributed by atoms with Crippen LogP contribution in [0.1, 0.15) is 71.1 Å². The summed E-state index contributed by atoms with van der Waals surface area (Å²) in [6.45, 7) is 4.18. The molecule has 0 rings (SSSR count). The van der Waals surface area contributed by atoms with Gasteiger partial charge in [0.05, 0.1) is 0 Å². The maximum Gasteiger partial charge on any atom is 0.219 e. The third kappa shape index (κ3) is 15.4. The Balaban J connectivity index is 3.17. The van der Waals surface area contributed by atoms with Gasteiger partial charge in [-0.05, 0) is 39.9 Å². The molecule has 3 nitrogen and oxygen atoms in total. The Labute approximate surface area is 120 Å². The lowest BCUT2D eigenvalue weighted by Gasteiger charge is -2.09. The zero-order chi connectivity index (χ0) is 14.3. The number of carbonyl (C=O) groups is 1. The summed E-state index contributed by atoms with van der Waals surface area (Å²) in [7, 11) is 4.16. The summed E-state index contributed by atoms with van der Waals surface area (Å²) in [5.74, 6) is 0.235. The highest BCUT2D eigenvalue weighted by molar-refractivity contribution is 5.75. The van der Waals surface area contributed by atoms with Crippen molar-refractivity contribution in [2.75, 3.05) is 27.2 Å². The van der Waals surface area contributed by atoms with Crippen LogP contribution in [0.4, 0.5) is 0 Å².